The summed E-state index contributed by atoms with van der Waals surface area (Å²) in [6.45, 7) is 14.3. The van der Waals surface area contributed by atoms with Gasteiger partial charge in [-0.2, -0.15) is 4.98 Å². The molecule has 4 aromatic rings. The summed E-state index contributed by atoms with van der Waals surface area (Å²) in [6, 6.07) is 15.4. The molecule has 1 aromatic heterocycles. The van der Waals surface area contributed by atoms with Crippen LogP contribution >= 0.6 is 0 Å². The number of methoxy groups -OCH3 is 1. The molecule has 0 atom stereocenters. The fraction of sp³-hybridized carbons (Fsp3) is 0.366. The molecule has 0 aliphatic carbocycles. The largest absolute Gasteiger partial charge is 0.493 e. The number of amides is 2. The van der Waals surface area contributed by atoms with E-state index in [2.05, 4.69) is 37.4 Å². The van der Waals surface area contributed by atoms with Crippen LogP contribution in [0.25, 0.3) is 6.08 Å². The molecule has 5 rings (SSSR count). The van der Waals surface area contributed by atoms with Gasteiger partial charge in [0.25, 0.3) is 5.91 Å². The first-order valence-electron chi connectivity index (χ1n) is 18.3. The van der Waals surface area contributed by atoms with E-state index in [1.54, 1.807) is 41.3 Å². The quantitative estimate of drug-likeness (QED) is 0.0925. The molecule has 12 nitrogen and oxygen atoms in total. The summed E-state index contributed by atoms with van der Waals surface area (Å²) < 4.78 is 32.8. The van der Waals surface area contributed by atoms with Crippen molar-refractivity contribution in [3.8, 4) is 23.1 Å². The summed E-state index contributed by atoms with van der Waals surface area (Å²) in [5, 5.41) is 5.98. The second-order valence-electron chi connectivity index (χ2n) is 13.1. The van der Waals surface area contributed by atoms with Crippen molar-refractivity contribution >= 4 is 35.2 Å². The Morgan fingerprint density at radius 1 is 0.963 bits per heavy atom. The number of aryl methyl sites for hydroxylation is 2. The number of carbonyl (C=O) groups excluding carboxylic acids is 2. The van der Waals surface area contributed by atoms with E-state index >= 15 is 4.39 Å². The van der Waals surface area contributed by atoms with Crippen LogP contribution in [-0.2, 0) is 4.79 Å². The molecule has 1 aliphatic heterocycles. The number of halogens is 1. The second-order valence-corrected chi connectivity index (χ2v) is 13.1. The summed E-state index contributed by atoms with van der Waals surface area (Å²) in [6.07, 6.45) is 5.32. The molecule has 2 amide bonds. The maximum Gasteiger partial charge on any atom is 0.262 e. The Hall–Kier alpha value is -5.53. The Balaban J connectivity index is 1.37. The minimum atomic E-state index is -0.533. The fourth-order valence-electron chi connectivity index (χ4n) is 6.01. The highest BCUT2D eigenvalue weighted by molar-refractivity contribution is 6.06. The molecule has 2 N–H and O–H groups in total. The molecule has 0 radical (unpaired) electrons. The summed E-state index contributed by atoms with van der Waals surface area (Å²) in [5.74, 6) is -0.374. The summed E-state index contributed by atoms with van der Waals surface area (Å²) in [5.41, 5.74) is 3.52. The number of rotatable bonds is 16. The van der Waals surface area contributed by atoms with Gasteiger partial charge in [-0.05, 0) is 88.2 Å². The lowest BCUT2D eigenvalue weighted by molar-refractivity contribution is -0.125. The molecule has 286 valence electrons. The van der Waals surface area contributed by atoms with Crippen LogP contribution in [0.4, 0.5) is 21.7 Å². The normalized spacial score (nSPS) is 13.5. The second kappa shape index (κ2) is 19.0. The number of para-hydroxylation sites is 1. The average Bonchev–Trinajstić information content (AvgIpc) is 3.16. The third-order valence-corrected chi connectivity index (χ3v) is 9.27. The monoisotopic (exact) mass is 739 g/mol. The van der Waals surface area contributed by atoms with Crippen molar-refractivity contribution in [1.82, 2.24) is 24.7 Å². The maximum absolute atomic E-state index is 15.2. The summed E-state index contributed by atoms with van der Waals surface area (Å²) >= 11 is 0. The van der Waals surface area contributed by atoms with Crippen LogP contribution in [0, 0.1) is 19.7 Å². The smallest absolute Gasteiger partial charge is 0.262 e. The molecule has 3 aromatic carbocycles. The number of carbonyl (C=O) groups is 2. The van der Waals surface area contributed by atoms with Crippen molar-refractivity contribution < 1.29 is 28.2 Å². The molecule has 0 spiro atoms. The first-order valence-corrected chi connectivity index (χ1v) is 18.3. The molecule has 1 fully saturated rings. The highest BCUT2D eigenvalue weighted by Gasteiger charge is 2.21. The molecule has 0 saturated carbocycles. The molecule has 1 aliphatic rings. The number of piperazine rings is 1. The topological polar surface area (TPSA) is 121 Å². The van der Waals surface area contributed by atoms with Crippen molar-refractivity contribution in [3.05, 3.63) is 94.9 Å². The molecule has 54 heavy (non-hydrogen) atoms. The highest BCUT2D eigenvalue weighted by atomic mass is 19.1. The van der Waals surface area contributed by atoms with E-state index in [4.69, 9.17) is 14.2 Å². The van der Waals surface area contributed by atoms with Gasteiger partial charge in [-0.25, -0.2) is 9.37 Å². The number of hydrogen-bond acceptors (Lipinski definition) is 10. The lowest BCUT2D eigenvalue weighted by Gasteiger charge is -2.32. The van der Waals surface area contributed by atoms with E-state index in [1.807, 2.05) is 45.9 Å². The Kier molecular flexibility index (Phi) is 14.0. The number of hydrogen-bond donors (Lipinski definition) is 2. The van der Waals surface area contributed by atoms with Crippen molar-refractivity contribution in [2.24, 2.45) is 0 Å². The standard InChI is InChI=1S/C41H50FN7O5/c1-7-49(8-2)37(50)18-14-30-13-16-35(52-6)36(25-30)54-40-32(39(51)45-38-28(3)11-9-12-29(38)4)27-43-41(46-40)44-31-15-17-34(33(42)26-31)53-24-10-19-48-22-20-47(5)21-23-48/h9,11-18,25-27H,7-8,10,19-24H2,1-6H3,(H,45,51)(H,43,44,46). The SMILES string of the molecule is CCN(CC)C(=O)C=Cc1ccc(OC)c(Oc2nc(Nc3ccc(OCCCN4CCN(C)CC4)c(F)c3)ncc2C(=O)Nc2c(C)cccc2C)c1. The van der Waals surface area contributed by atoms with Crippen LogP contribution in [-0.4, -0.2) is 103 Å². The van der Waals surface area contributed by atoms with Crippen LogP contribution in [0.1, 0.15) is 47.3 Å². The van der Waals surface area contributed by atoms with Crippen LogP contribution < -0.4 is 24.8 Å². The summed E-state index contributed by atoms with van der Waals surface area (Å²) in [4.78, 5) is 41.7. The molecule has 13 heteroatoms. The first kappa shape index (κ1) is 39.7. The van der Waals surface area contributed by atoms with E-state index in [9.17, 15) is 9.59 Å². The third kappa shape index (κ3) is 10.5. The highest BCUT2D eigenvalue weighted by Crippen LogP contribution is 2.35. The van der Waals surface area contributed by atoms with Gasteiger partial charge in [0.2, 0.25) is 17.7 Å². The van der Waals surface area contributed by atoms with Gasteiger partial charge >= 0.3 is 0 Å². The molecule has 0 bridgehead atoms. The zero-order valence-corrected chi connectivity index (χ0v) is 31.9. The number of nitrogens with one attached hydrogen (secondary N) is 2. The number of likely N-dealkylation sites (N-methyl/N-ethyl adjacent to an activating group) is 2. The van der Waals surface area contributed by atoms with Crippen molar-refractivity contribution in [3.63, 3.8) is 0 Å². The van der Waals surface area contributed by atoms with Crippen molar-refractivity contribution in [2.45, 2.75) is 34.1 Å². The van der Waals surface area contributed by atoms with E-state index < -0.39 is 11.7 Å². The first-order chi connectivity index (χ1) is 26.1. The van der Waals surface area contributed by atoms with Gasteiger partial charge in [-0.1, -0.05) is 24.3 Å². The minimum Gasteiger partial charge on any atom is -0.493 e. The number of anilines is 3. The number of nitrogens with zero attached hydrogens (tertiary/aromatic N) is 5. The molecule has 1 saturated heterocycles. The van der Waals surface area contributed by atoms with Crippen LogP contribution in [0.5, 0.6) is 23.1 Å². The van der Waals surface area contributed by atoms with Gasteiger partial charge in [0.1, 0.15) is 5.56 Å². The summed E-state index contributed by atoms with van der Waals surface area (Å²) in [7, 11) is 3.62. The Bertz CT molecular complexity index is 1920. The van der Waals surface area contributed by atoms with E-state index in [1.165, 1.54) is 25.4 Å². The van der Waals surface area contributed by atoms with Gasteiger partial charge in [-0.15, -0.1) is 0 Å². The predicted molar refractivity (Wildman–Crippen MR) is 210 cm³/mol. The lowest BCUT2D eigenvalue weighted by atomic mass is 10.1. The predicted octanol–water partition coefficient (Wildman–Crippen LogP) is 6.93. The molecule has 0 unspecified atom stereocenters. The molecule has 2 heterocycles. The van der Waals surface area contributed by atoms with Gasteiger partial charge in [0.05, 0.1) is 13.7 Å². The van der Waals surface area contributed by atoms with E-state index in [0.717, 1.165) is 50.3 Å². The Morgan fingerprint density at radius 3 is 2.37 bits per heavy atom. The Morgan fingerprint density at radius 2 is 1.69 bits per heavy atom. The average molecular weight is 740 g/mol. The van der Waals surface area contributed by atoms with Gasteiger partial charge in [-0.3, -0.25) is 9.59 Å². The van der Waals surface area contributed by atoms with E-state index in [0.29, 0.717) is 42.4 Å². The zero-order valence-electron chi connectivity index (χ0n) is 31.9. The Labute approximate surface area is 316 Å². The minimum absolute atomic E-state index is 0.0504. The number of benzene rings is 3. The van der Waals surface area contributed by atoms with Gasteiger partial charge < -0.3 is 39.5 Å². The van der Waals surface area contributed by atoms with Crippen LogP contribution in [0.15, 0.2) is 66.9 Å². The lowest BCUT2D eigenvalue weighted by Crippen LogP contribution is -2.44. The zero-order chi connectivity index (χ0) is 38.6. The maximum atomic E-state index is 15.2. The van der Waals surface area contributed by atoms with Gasteiger partial charge in [0, 0.05) is 75.5 Å². The fourth-order valence-corrected chi connectivity index (χ4v) is 6.01. The number of ether oxygens (including phenoxy) is 3. The van der Waals surface area contributed by atoms with Crippen LogP contribution in [0.2, 0.25) is 0 Å². The van der Waals surface area contributed by atoms with Crippen molar-refractivity contribution in [1.29, 1.82) is 0 Å². The van der Waals surface area contributed by atoms with E-state index in [-0.39, 0.29) is 34.8 Å². The molecular formula is C41H50FN7O5. The van der Waals surface area contributed by atoms with Gasteiger partial charge in [0.15, 0.2) is 23.1 Å². The molecular weight excluding hydrogens is 689 g/mol. The van der Waals surface area contributed by atoms with Crippen LogP contribution in [0.3, 0.4) is 0 Å². The third-order valence-electron chi connectivity index (χ3n) is 9.27. The van der Waals surface area contributed by atoms with Crippen molar-refractivity contribution in [2.75, 3.05) is 77.2 Å². The number of aromatic nitrogens is 2.